The van der Waals surface area contributed by atoms with Crippen LogP contribution < -0.4 is 9.64 Å². The summed E-state index contributed by atoms with van der Waals surface area (Å²) in [5, 5.41) is 2.54. The third kappa shape index (κ3) is 7.82. The third-order valence-corrected chi connectivity index (χ3v) is 14.0. The molecular weight excluding hydrogens is 765 g/mol. The Labute approximate surface area is 372 Å². The van der Waals surface area contributed by atoms with Crippen molar-refractivity contribution in [2.45, 2.75) is 52.4 Å². The molecule has 8 aromatic carbocycles. The monoisotopic (exact) mass is 818 g/mol. The maximum absolute atomic E-state index is 6.83. The van der Waals surface area contributed by atoms with Crippen molar-refractivity contribution in [3.63, 3.8) is 0 Å². The second kappa shape index (κ2) is 16.8. The number of para-hydroxylation sites is 3. The topological polar surface area (TPSA) is 17.4 Å². The van der Waals surface area contributed by atoms with Gasteiger partial charge in [0.15, 0.2) is 0 Å². The van der Waals surface area contributed by atoms with Crippen LogP contribution in [-0.2, 0) is 6.42 Å². The first-order chi connectivity index (χ1) is 31.0. The molecule has 0 amide bonds. The minimum absolute atomic E-state index is 0.659. The Bertz CT molecular complexity index is 2960. The van der Waals surface area contributed by atoms with Crippen molar-refractivity contribution in [3.8, 4) is 39.4 Å². The molecule has 2 saturated carbocycles. The van der Waals surface area contributed by atoms with E-state index in [0.717, 1.165) is 64.0 Å². The van der Waals surface area contributed by atoms with Crippen molar-refractivity contribution in [1.82, 2.24) is 4.57 Å². The molecule has 4 atom stereocenters. The van der Waals surface area contributed by atoms with Crippen LogP contribution in [0.2, 0.25) is 0 Å². The number of aryl methyl sites for hydroxylation is 1. The van der Waals surface area contributed by atoms with E-state index in [1.165, 1.54) is 81.7 Å². The van der Waals surface area contributed by atoms with E-state index in [4.69, 9.17) is 4.74 Å². The highest BCUT2D eigenvalue weighted by Crippen LogP contribution is 2.47. The zero-order valence-electron chi connectivity index (χ0n) is 36.3. The molecule has 9 aromatic rings. The van der Waals surface area contributed by atoms with E-state index in [9.17, 15) is 0 Å². The lowest BCUT2D eigenvalue weighted by Crippen LogP contribution is -2.31. The molecule has 11 rings (SSSR count). The van der Waals surface area contributed by atoms with Gasteiger partial charge in [-0.25, -0.2) is 0 Å². The molecule has 2 fully saturated rings. The molecule has 2 aliphatic rings. The Hall–Kier alpha value is -6.84. The van der Waals surface area contributed by atoms with E-state index < -0.39 is 0 Å². The molecule has 1 aromatic heterocycles. The van der Waals surface area contributed by atoms with Gasteiger partial charge in [-0.1, -0.05) is 128 Å². The highest BCUT2D eigenvalue weighted by Gasteiger charge is 2.35. The minimum Gasteiger partial charge on any atom is -0.457 e. The molecule has 0 aliphatic heterocycles. The summed E-state index contributed by atoms with van der Waals surface area (Å²) in [5.41, 5.74) is 14.2. The van der Waals surface area contributed by atoms with Gasteiger partial charge in [-0.3, -0.25) is 0 Å². The number of hydrogen-bond donors (Lipinski definition) is 0. The van der Waals surface area contributed by atoms with Crippen molar-refractivity contribution < 1.29 is 4.74 Å². The summed E-state index contributed by atoms with van der Waals surface area (Å²) in [7, 11) is 0. The number of ether oxygens (including phenoxy) is 1. The Morgan fingerprint density at radius 1 is 0.476 bits per heavy atom. The van der Waals surface area contributed by atoms with Crippen LogP contribution >= 0.6 is 0 Å². The number of anilines is 3. The summed E-state index contributed by atoms with van der Waals surface area (Å²) >= 11 is 0. The van der Waals surface area contributed by atoms with Crippen molar-refractivity contribution in [3.05, 3.63) is 205 Å². The lowest BCUT2D eigenvalue weighted by molar-refractivity contribution is 0.103. The van der Waals surface area contributed by atoms with Gasteiger partial charge in [0.25, 0.3) is 0 Å². The van der Waals surface area contributed by atoms with E-state index in [1.54, 1.807) is 0 Å². The average molecular weight is 819 g/mol. The number of rotatable bonds is 10. The van der Waals surface area contributed by atoms with Crippen molar-refractivity contribution in [2.75, 3.05) is 4.90 Å². The fraction of sp³-hybridized carbons (Fsp3) is 0.200. The van der Waals surface area contributed by atoms with E-state index in [-0.39, 0.29) is 0 Å². The van der Waals surface area contributed by atoms with Gasteiger partial charge in [0.1, 0.15) is 11.5 Å². The zero-order valence-corrected chi connectivity index (χ0v) is 36.3. The van der Waals surface area contributed by atoms with Gasteiger partial charge in [0, 0.05) is 33.5 Å². The molecule has 63 heavy (non-hydrogen) atoms. The predicted octanol–water partition coefficient (Wildman–Crippen LogP) is 16.7. The van der Waals surface area contributed by atoms with Crippen molar-refractivity contribution in [1.29, 1.82) is 0 Å². The molecule has 3 heteroatoms. The van der Waals surface area contributed by atoms with Crippen LogP contribution in [0.5, 0.6) is 11.5 Å². The van der Waals surface area contributed by atoms with E-state index in [0.29, 0.717) is 5.92 Å². The Morgan fingerprint density at radius 2 is 1.03 bits per heavy atom. The largest absolute Gasteiger partial charge is 0.457 e. The van der Waals surface area contributed by atoms with E-state index in [2.05, 4.69) is 217 Å². The summed E-state index contributed by atoms with van der Waals surface area (Å²) in [6, 6.07) is 70.6. The van der Waals surface area contributed by atoms with E-state index >= 15 is 0 Å². The number of hydrogen-bond acceptors (Lipinski definition) is 2. The first-order valence-electron chi connectivity index (χ1n) is 23.0. The maximum atomic E-state index is 6.83. The molecule has 0 N–H and O–H groups in total. The van der Waals surface area contributed by atoms with E-state index in [1.807, 2.05) is 0 Å². The van der Waals surface area contributed by atoms with Gasteiger partial charge in [0.2, 0.25) is 0 Å². The van der Waals surface area contributed by atoms with Crippen LogP contribution in [0, 0.1) is 30.6 Å². The molecule has 0 spiro atoms. The first kappa shape index (κ1) is 39.0. The molecule has 2 bridgehead atoms. The molecule has 1 heterocycles. The van der Waals surface area contributed by atoms with Gasteiger partial charge in [-0.05, 0) is 175 Å². The summed E-state index contributed by atoms with van der Waals surface area (Å²) in [6.45, 7) is 4.60. The van der Waals surface area contributed by atoms with Gasteiger partial charge >= 0.3 is 0 Å². The fourth-order valence-electron chi connectivity index (χ4n) is 11.3. The Morgan fingerprint density at radius 3 is 1.70 bits per heavy atom. The predicted molar refractivity (Wildman–Crippen MR) is 264 cm³/mol. The summed E-state index contributed by atoms with van der Waals surface area (Å²) in [5.74, 6) is 5.11. The number of aromatic nitrogens is 1. The highest BCUT2D eigenvalue weighted by atomic mass is 16.5. The molecule has 3 nitrogen and oxygen atoms in total. The fourth-order valence-corrected chi connectivity index (χ4v) is 11.3. The molecule has 0 radical (unpaired) electrons. The number of fused-ring (bicyclic) bond motifs is 5. The normalized spacial score (nSPS) is 18.4. The van der Waals surface area contributed by atoms with Gasteiger partial charge in [-0.2, -0.15) is 0 Å². The standard InChI is InChI=1S/C60H54N2O/c1-41-33-43-35-44(34-41)37-45(36-43)38-50-40-54(31-32-60(50)63-59-22-11-6-13-42(59)2)61(51-27-23-47(24-28-51)46-14-4-3-5-15-46)52-29-25-48(26-30-52)49-16-12-17-53(39-49)62-57-20-9-7-18-55(57)56-19-8-10-21-58(56)62/h3-32,39-41,43-45H,33-38H2,1-2H3/t41?,43-,44+,45-. The smallest absolute Gasteiger partial charge is 0.130 e. The van der Waals surface area contributed by atoms with Gasteiger partial charge in [0.05, 0.1) is 11.0 Å². The van der Waals surface area contributed by atoms with Gasteiger partial charge in [-0.15, -0.1) is 0 Å². The van der Waals surface area contributed by atoms with Crippen LogP contribution in [0.3, 0.4) is 0 Å². The van der Waals surface area contributed by atoms with Crippen LogP contribution in [-0.4, -0.2) is 4.57 Å². The minimum atomic E-state index is 0.659. The summed E-state index contributed by atoms with van der Waals surface area (Å²) in [4.78, 5) is 2.42. The third-order valence-electron chi connectivity index (χ3n) is 14.0. The van der Waals surface area contributed by atoms with Crippen LogP contribution in [0.1, 0.15) is 50.2 Å². The highest BCUT2D eigenvalue weighted by molar-refractivity contribution is 6.09. The lowest BCUT2D eigenvalue weighted by atomic mass is 9.64. The molecule has 2 aliphatic carbocycles. The van der Waals surface area contributed by atoms with Gasteiger partial charge < -0.3 is 14.2 Å². The second-order valence-electron chi connectivity index (χ2n) is 18.5. The average Bonchev–Trinajstić information content (AvgIpc) is 3.65. The second-order valence-corrected chi connectivity index (χ2v) is 18.5. The summed E-state index contributed by atoms with van der Waals surface area (Å²) in [6.07, 6.45) is 7.84. The Kier molecular flexibility index (Phi) is 10.4. The van der Waals surface area contributed by atoms with Crippen molar-refractivity contribution in [2.24, 2.45) is 23.7 Å². The quantitative estimate of drug-likeness (QED) is 0.137. The SMILES string of the molecule is Cc1ccccc1Oc1ccc(N(c2ccc(-c3ccccc3)cc2)c2ccc(-c3cccc(-n4c5ccccc5c5ccccc54)c3)cc2)cc1C[C@H]1C[C@H]2CC(C)C[C@@H](C1)C2. The van der Waals surface area contributed by atoms with Crippen LogP contribution in [0.25, 0.3) is 49.7 Å². The summed E-state index contributed by atoms with van der Waals surface area (Å²) < 4.78 is 9.23. The first-order valence-corrected chi connectivity index (χ1v) is 23.0. The molecular formula is C60H54N2O. The molecule has 1 unspecified atom stereocenters. The lowest BCUT2D eigenvalue weighted by Gasteiger charge is -2.42. The molecule has 0 saturated heterocycles. The Balaban J connectivity index is 0.979. The van der Waals surface area contributed by atoms with Crippen LogP contribution in [0.15, 0.2) is 194 Å². The zero-order chi connectivity index (χ0) is 42.3. The van der Waals surface area contributed by atoms with Crippen molar-refractivity contribution >= 4 is 38.9 Å². The van der Waals surface area contributed by atoms with Crippen LogP contribution in [0.4, 0.5) is 17.1 Å². The maximum Gasteiger partial charge on any atom is 0.130 e. The number of benzene rings is 8. The molecule has 310 valence electrons. The number of nitrogens with zero attached hydrogens (tertiary/aromatic N) is 2.